The van der Waals surface area contributed by atoms with E-state index in [0.29, 0.717) is 13.0 Å². The number of imidazole rings is 1. The average molecular weight is 608 g/mol. The van der Waals surface area contributed by atoms with Crippen LogP contribution in [-0.2, 0) is 20.1 Å². The van der Waals surface area contributed by atoms with Crippen LogP contribution in [0.15, 0.2) is 48.3 Å². The molecule has 0 aliphatic heterocycles. The summed E-state index contributed by atoms with van der Waals surface area (Å²) in [6, 6.07) is 9.66. The molecule has 1 aromatic carbocycles. The second kappa shape index (κ2) is 13.4. The van der Waals surface area contributed by atoms with Gasteiger partial charge in [0.25, 0.3) is 0 Å². The van der Waals surface area contributed by atoms with Crippen LogP contribution in [0.2, 0.25) is 5.28 Å². The molecule has 0 saturated carbocycles. The average Bonchev–Trinajstić information content (AvgIpc) is 3.28. The van der Waals surface area contributed by atoms with Crippen LogP contribution in [0.1, 0.15) is 25.1 Å². The second-order valence-electron chi connectivity index (χ2n) is 8.53. The topological polar surface area (TPSA) is 200 Å². The number of benzene rings is 1. The molecule has 13 nitrogen and oxygen atoms in total. The first-order valence-corrected chi connectivity index (χ1v) is 15.6. The molecule has 0 aliphatic rings. The fourth-order valence-electron chi connectivity index (χ4n) is 3.67. The van der Waals surface area contributed by atoms with Crippen molar-refractivity contribution in [3.05, 3.63) is 59.2 Å². The molecule has 0 radical (unpaired) electrons. The zero-order valence-corrected chi connectivity index (χ0v) is 23.3. The number of aromatic nitrogens is 4. The third-order valence-corrected chi connectivity index (χ3v) is 9.06. The molecule has 2 aromatic heterocycles. The number of rotatable bonds is 14. The number of halogens is 2. The van der Waals surface area contributed by atoms with E-state index in [4.69, 9.17) is 25.9 Å². The lowest BCUT2D eigenvalue weighted by molar-refractivity contribution is -0.0352. The van der Waals surface area contributed by atoms with Gasteiger partial charge in [-0.15, -0.1) is 0 Å². The molecule has 0 saturated heterocycles. The monoisotopic (exact) mass is 607 g/mol. The molecule has 3 aromatic rings. The summed E-state index contributed by atoms with van der Waals surface area (Å²) < 4.78 is 44.0. The van der Waals surface area contributed by atoms with Crippen LogP contribution in [0.4, 0.5) is 10.2 Å². The highest BCUT2D eigenvalue weighted by Gasteiger charge is 2.35. The highest BCUT2D eigenvalue weighted by Crippen LogP contribution is 2.55. The zero-order valence-electron chi connectivity index (χ0n) is 20.7. The first kappa shape index (κ1) is 31.3. The second-order valence-corrected chi connectivity index (χ2v) is 12.9. The van der Waals surface area contributed by atoms with Crippen molar-refractivity contribution in [2.45, 2.75) is 38.3 Å². The predicted molar refractivity (Wildman–Crippen MR) is 142 cm³/mol. The zero-order chi connectivity index (χ0) is 28.8. The van der Waals surface area contributed by atoms with E-state index in [9.17, 15) is 24.2 Å². The Balaban J connectivity index is 1.76. The lowest BCUT2D eigenvalue weighted by Gasteiger charge is -2.25. The van der Waals surface area contributed by atoms with E-state index in [1.165, 1.54) is 6.08 Å². The van der Waals surface area contributed by atoms with Crippen molar-refractivity contribution in [3.63, 3.8) is 0 Å². The van der Waals surface area contributed by atoms with Gasteiger partial charge in [0.1, 0.15) is 6.10 Å². The summed E-state index contributed by atoms with van der Waals surface area (Å²) >= 11 is 6.06. The maximum absolute atomic E-state index is 15.3. The maximum Gasteiger partial charge on any atom is 0.340 e. The van der Waals surface area contributed by atoms with Gasteiger partial charge in [-0.3, -0.25) is 13.7 Å². The SMILES string of the molecule is CC/C=C(/COP(=O)(O)CP(=O)(O)O)[C@@H](O)[C@H](F)[C@@H](O)n1cnc2c(NCCc3ccccc3)nc(Cl)nc21. The van der Waals surface area contributed by atoms with Crippen LogP contribution in [0, 0.1) is 0 Å². The minimum Gasteiger partial charge on any atom is -0.385 e. The molecule has 214 valence electrons. The lowest BCUT2D eigenvalue weighted by Crippen LogP contribution is -2.34. The van der Waals surface area contributed by atoms with Crippen molar-refractivity contribution in [1.29, 1.82) is 0 Å². The van der Waals surface area contributed by atoms with E-state index in [1.54, 1.807) is 6.92 Å². The van der Waals surface area contributed by atoms with E-state index in [0.717, 1.165) is 16.5 Å². The molecular formula is C22H29ClFN5O8P2. The lowest BCUT2D eigenvalue weighted by atomic mass is 10.0. The minimum atomic E-state index is -4.88. The number of anilines is 1. The standard InChI is InChI=1S/C22H29ClFN5O8P2/c1-2-6-15(11-37-39(35,36)13-38(32,33)34)18(30)16(24)21(31)29-12-26-17-19(27-22(23)28-20(17)29)25-10-9-14-7-4-3-5-8-14/h3-8,12,16,18,21,30-31H,2,9-11,13H2,1H3,(H,35,36)(H,25,27,28)(H2,32,33,34)/b15-6-/t16-,18+,21+/m0/s1. The number of fused-ring (bicyclic) bond motifs is 1. The quantitative estimate of drug-likeness (QED) is 0.0890. The Bertz CT molecular complexity index is 1390. The van der Waals surface area contributed by atoms with Crippen molar-refractivity contribution in [2.24, 2.45) is 0 Å². The number of hydrogen-bond acceptors (Lipinski definition) is 9. The summed E-state index contributed by atoms with van der Waals surface area (Å²) in [6.07, 6.45) is -3.12. The first-order chi connectivity index (χ1) is 18.3. The smallest absolute Gasteiger partial charge is 0.340 e. The van der Waals surface area contributed by atoms with Crippen molar-refractivity contribution in [3.8, 4) is 0 Å². The Morgan fingerprint density at radius 1 is 1.21 bits per heavy atom. The van der Waals surface area contributed by atoms with Crippen LogP contribution in [0.25, 0.3) is 11.2 Å². The number of aliphatic hydroxyl groups is 2. The van der Waals surface area contributed by atoms with Gasteiger partial charge in [-0.1, -0.05) is 43.3 Å². The fraction of sp³-hybridized carbons (Fsp3) is 0.409. The molecule has 17 heteroatoms. The molecule has 0 spiro atoms. The normalized spacial score (nSPS) is 16.6. The number of hydrogen-bond donors (Lipinski definition) is 6. The van der Waals surface area contributed by atoms with Crippen molar-refractivity contribution >= 4 is 43.8 Å². The number of alkyl halides is 1. The minimum absolute atomic E-state index is 0.0154. The third-order valence-electron chi connectivity index (χ3n) is 5.46. The van der Waals surface area contributed by atoms with Gasteiger partial charge >= 0.3 is 15.2 Å². The number of aliphatic hydroxyl groups excluding tert-OH is 2. The summed E-state index contributed by atoms with van der Waals surface area (Å²) in [5.74, 6) is -1.19. The summed E-state index contributed by atoms with van der Waals surface area (Å²) in [7, 11) is -9.64. The van der Waals surface area contributed by atoms with Gasteiger partial charge in [0, 0.05) is 6.54 Å². The highest BCUT2D eigenvalue weighted by molar-refractivity contribution is 7.70. The van der Waals surface area contributed by atoms with E-state index in [1.807, 2.05) is 30.3 Å². The van der Waals surface area contributed by atoms with Gasteiger partial charge in [0.05, 0.1) is 12.9 Å². The Hall–Kier alpha value is -2.25. The van der Waals surface area contributed by atoms with Crippen molar-refractivity contribution in [1.82, 2.24) is 19.5 Å². The van der Waals surface area contributed by atoms with Gasteiger partial charge in [-0.2, -0.15) is 9.97 Å². The summed E-state index contributed by atoms with van der Waals surface area (Å²) in [5, 5.41) is 24.2. The van der Waals surface area contributed by atoms with Crippen LogP contribution in [-0.4, -0.2) is 75.7 Å². The van der Waals surface area contributed by atoms with Gasteiger partial charge in [-0.25, -0.2) is 9.37 Å². The molecule has 6 N–H and O–H groups in total. The molecule has 0 aliphatic carbocycles. The van der Waals surface area contributed by atoms with Gasteiger partial charge in [0.2, 0.25) is 5.28 Å². The molecule has 1 unspecified atom stereocenters. The Kier molecular flexibility index (Phi) is 10.8. The van der Waals surface area contributed by atoms with Crippen LogP contribution in [0.5, 0.6) is 0 Å². The van der Waals surface area contributed by atoms with Crippen LogP contribution in [0.3, 0.4) is 0 Å². The molecule has 39 heavy (non-hydrogen) atoms. The van der Waals surface area contributed by atoms with Gasteiger partial charge < -0.3 is 34.7 Å². The maximum atomic E-state index is 15.3. The Morgan fingerprint density at radius 3 is 2.54 bits per heavy atom. The highest BCUT2D eigenvalue weighted by atomic mass is 35.5. The third kappa shape index (κ3) is 8.87. The van der Waals surface area contributed by atoms with Gasteiger partial charge in [-0.05, 0) is 35.6 Å². The van der Waals surface area contributed by atoms with E-state index in [2.05, 4.69) is 20.3 Å². The van der Waals surface area contributed by atoms with Crippen molar-refractivity contribution in [2.75, 3.05) is 24.4 Å². The fourth-order valence-corrected chi connectivity index (χ4v) is 6.38. The first-order valence-electron chi connectivity index (χ1n) is 11.7. The molecule has 0 amide bonds. The van der Waals surface area contributed by atoms with Crippen LogP contribution >= 0.6 is 26.8 Å². The van der Waals surface area contributed by atoms with E-state index >= 15 is 4.39 Å². The largest absolute Gasteiger partial charge is 0.385 e. The van der Waals surface area contributed by atoms with Gasteiger partial charge in [0.15, 0.2) is 35.3 Å². The summed E-state index contributed by atoms with van der Waals surface area (Å²) in [5.41, 5.74) is 1.04. The van der Waals surface area contributed by atoms with E-state index in [-0.39, 0.29) is 34.3 Å². The molecule has 0 bridgehead atoms. The number of nitrogens with one attached hydrogen (secondary N) is 1. The Morgan fingerprint density at radius 2 is 1.90 bits per heavy atom. The Labute approximate surface area is 228 Å². The molecule has 3 rings (SSSR count). The molecule has 0 fully saturated rings. The van der Waals surface area contributed by atoms with Crippen molar-refractivity contribution < 1.29 is 42.9 Å². The number of allylic oxidation sites excluding steroid dienone is 1. The summed E-state index contributed by atoms with van der Waals surface area (Å²) in [4.78, 5) is 39.9. The summed E-state index contributed by atoms with van der Waals surface area (Å²) in [6.45, 7) is 1.29. The van der Waals surface area contributed by atoms with Crippen LogP contribution < -0.4 is 5.32 Å². The molecular weight excluding hydrogens is 579 g/mol. The van der Waals surface area contributed by atoms with E-state index < -0.39 is 46.2 Å². The number of nitrogens with zero attached hydrogens (tertiary/aromatic N) is 4. The molecule has 2 heterocycles. The molecule has 4 atom stereocenters. The predicted octanol–water partition coefficient (Wildman–Crippen LogP) is 3.00.